The Balaban J connectivity index is 2.00. The van der Waals surface area contributed by atoms with Gasteiger partial charge in [0.15, 0.2) is 0 Å². The number of fused-ring (bicyclic) bond motifs is 1. The van der Waals surface area contributed by atoms with Gasteiger partial charge in [-0.15, -0.1) is 0 Å². The van der Waals surface area contributed by atoms with Gasteiger partial charge >= 0.3 is 0 Å². The van der Waals surface area contributed by atoms with E-state index in [9.17, 15) is 0 Å². The van der Waals surface area contributed by atoms with Gasteiger partial charge in [-0.3, -0.25) is 5.01 Å². The molecule has 5 N–H and O–H groups in total. The minimum atomic E-state index is 0.453. The van der Waals surface area contributed by atoms with Crippen LogP contribution in [0.3, 0.4) is 0 Å². The highest BCUT2D eigenvalue weighted by Gasteiger charge is 2.25. The lowest BCUT2D eigenvalue weighted by Gasteiger charge is -2.28. The van der Waals surface area contributed by atoms with Crippen LogP contribution < -0.4 is 11.6 Å². The molecule has 2 aliphatic rings. The first-order valence-corrected chi connectivity index (χ1v) is 6.53. The van der Waals surface area contributed by atoms with Crippen molar-refractivity contribution < 1.29 is 0 Å². The third-order valence-corrected chi connectivity index (χ3v) is 3.87. The number of H-pyrrole nitrogens is 1. The monoisotopic (exact) mass is 245 g/mol. The first-order chi connectivity index (χ1) is 8.77. The van der Waals surface area contributed by atoms with E-state index in [1.54, 1.807) is 11.3 Å². The van der Waals surface area contributed by atoms with Crippen LogP contribution in [0, 0.1) is 5.92 Å². The Hall–Kier alpha value is -1.75. The number of nitrogens with zero attached hydrogens (tertiary/aromatic N) is 2. The number of hydrazine groups is 1. The van der Waals surface area contributed by atoms with Crippen LogP contribution >= 0.6 is 0 Å². The van der Waals surface area contributed by atoms with Crippen LogP contribution in [-0.4, -0.2) is 16.3 Å². The average molecular weight is 245 g/mol. The molecule has 18 heavy (non-hydrogen) atoms. The quantitative estimate of drug-likeness (QED) is 0.662. The van der Waals surface area contributed by atoms with E-state index in [4.69, 9.17) is 11.6 Å². The maximum atomic E-state index is 6.37. The number of rotatable bonds is 1. The van der Waals surface area contributed by atoms with E-state index in [1.165, 1.54) is 32.1 Å². The predicted molar refractivity (Wildman–Crippen MR) is 72.7 cm³/mol. The van der Waals surface area contributed by atoms with Gasteiger partial charge in [0, 0.05) is 23.4 Å². The summed E-state index contributed by atoms with van der Waals surface area (Å²) in [5.41, 5.74) is 9.19. The van der Waals surface area contributed by atoms with Crippen molar-refractivity contribution in [3.05, 3.63) is 23.5 Å². The second kappa shape index (κ2) is 4.49. The summed E-state index contributed by atoms with van der Waals surface area (Å²) >= 11 is 0. The van der Waals surface area contributed by atoms with E-state index in [2.05, 4.69) is 9.98 Å². The standard InChI is InChI=1S/C13H19N5/c14-11(9-4-2-1-3-5-9)12-10-6-7-16-13(10)17-8-18(12)15/h6-9,16H,1-5,14-15H2/b12-11-. The maximum absolute atomic E-state index is 6.37. The Labute approximate surface area is 107 Å². The van der Waals surface area contributed by atoms with Gasteiger partial charge in [0.1, 0.15) is 12.2 Å². The summed E-state index contributed by atoms with van der Waals surface area (Å²) in [7, 11) is 0. The van der Waals surface area contributed by atoms with Crippen molar-refractivity contribution in [3.63, 3.8) is 0 Å². The van der Waals surface area contributed by atoms with Gasteiger partial charge in [-0.2, -0.15) is 0 Å². The molecular weight excluding hydrogens is 226 g/mol. The Morgan fingerprint density at radius 3 is 2.89 bits per heavy atom. The van der Waals surface area contributed by atoms with Crippen molar-refractivity contribution in [1.82, 2.24) is 9.99 Å². The number of aromatic amines is 1. The molecule has 3 rings (SSSR count). The Morgan fingerprint density at radius 2 is 2.11 bits per heavy atom. The molecule has 0 unspecified atom stereocenters. The second-order valence-electron chi connectivity index (χ2n) is 5.03. The highest BCUT2D eigenvalue weighted by atomic mass is 15.4. The van der Waals surface area contributed by atoms with Gasteiger partial charge < -0.3 is 10.7 Å². The number of allylic oxidation sites excluding steroid dienone is 1. The van der Waals surface area contributed by atoms with E-state index in [-0.39, 0.29) is 0 Å². The van der Waals surface area contributed by atoms with Crippen molar-refractivity contribution in [3.8, 4) is 0 Å². The van der Waals surface area contributed by atoms with E-state index < -0.39 is 0 Å². The van der Waals surface area contributed by atoms with Crippen molar-refractivity contribution in [1.29, 1.82) is 0 Å². The third-order valence-electron chi connectivity index (χ3n) is 3.87. The van der Waals surface area contributed by atoms with Gasteiger partial charge in [-0.1, -0.05) is 19.3 Å². The molecule has 0 bridgehead atoms. The highest BCUT2D eigenvalue weighted by molar-refractivity contribution is 5.86. The molecule has 0 spiro atoms. The molecule has 1 saturated carbocycles. The molecule has 1 aromatic rings. The number of hydrogen-bond donors (Lipinski definition) is 3. The van der Waals surface area contributed by atoms with Crippen LogP contribution in [0.1, 0.15) is 37.7 Å². The number of nitrogens with two attached hydrogens (primary N) is 2. The first-order valence-electron chi connectivity index (χ1n) is 6.53. The summed E-state index contributed by atoms with van der Waals surface area (Å²) in [6.07, 6.45) is 9.66. The fraction of sp³-hybridized carbons (Fsp3) is 0.462. The summed E-state index contributed by atoms with van der Waals surface area (Å²) in [5, 5.41) is 1.54. The van der Waals surface area contributed by atoms with Gasteiger partial charge in [-0.25, -0.2) is 10.8 Å². The van der Waals surface area contributed by atoms with Crippen molar-refractivity contribution in [2.75, 3.05) is 0 Å². The topological polar surface area (TPSA) is 83.4 Å². The average Bonchev–Trinajstić information content (AvgIpc) is 2.87. The predicted octanol–water partition coefficient (Wildman–Crippen LogP) is 2.07. The molecule has 5 heteroatoms. The van der Waals surface area contributed by atoms with Crippen LogP contribution in [0.15, 0.2) is 23.0 Å². The SMILES string of the molecule is N/C(=C1/c2cc[nH]c2N=CN1N)C1CCCCC1. The Kier molecular flexibility index (Phi) is 2.83. The van der Waals surface area contributed by atoms with Crippen LogP contribution in [0.25, 0.3) is 5.70 Å². The van der Waals surface area contributed by atoms with E-state index in [0.717, 1.165) is 22.8 Å². The van der Waals surface area contributed by atoms with Crippen LogP contribution in [-0.2, 0) is 0 Å². The zero-order valence-electron chi connectivity index (χ0n) is 10.4. The van der Waals surface area contributed by atoms with Crippen LogP contribution in [0.2, 0.25) is 0 Å². The zero-order chi connectivity index (χ0) is 12.5. The summed E-state index contributed by atoms with van der Waals surface area (Å²) in [6, 6.07) is 1.98. The molecule has 0 saturated heterocycles. The minimum absolute atomic E-state index is 0.453. The summed E-state index contributed by atoms with van der Waals surface area (Å²) < 4.78 is 0. The van der Waals surface area contributed by atoms with Crippen LogP contribution in [0.4, 0.5) is 5.82 Å². The lowest BCUT2D eigenvalue weighted by molar-refractivity contribution is 0.397. The van der Waals surface area contributed by atoms with Gasteiger partial charge in [-0.05, 0) is 18.9 Å². The fourth-order valence-electron chi connectivity index (χ4n) is 2.89. The number of aromatic nitrogens is 1. The highest BCUT2D eigenvalue weighted by Crippen LogP contribution is 2.36. The molecule has 1 aliphatic heterocycles. The van der Waals surface area contributed by atoms with Gasteiger partial charge in [0.25, 0.3) is 0 Å². The summed E-state index contributed by atoms with van der Waals surface area (Å²) in [5.74, 6) is 7.28. The molecular formula is C13H19N5. The number of hydrogen-bond acceptors (Lipinski definition) is 4. The molecule has 0 aromatic carbocycles. The Morgan fingerprint density at radius 1 is 1.33 bits per heavy atom. The molecule has 5 nitrogen and oxygen atoms in total. The fourth-order valence-corrected chi connectivity index (χ4v) is 2.89. The molecule has 1 aliphatic carbocycles. The molecule has 2 heterocycles. The number of aliphatic imine (C=N–C) groups is 1. The zero-order valence-corrected chi connectivity index (χ0v) is 10.4. The minimum Gasteiger partial charge on any atom is -0.400 e. The number of nitrogens with one attached hydrogen (secondary N) is 1. The molecule has 1 aromatic heterocycles. The molecule has 0 radical (unpaired) electrons. The van der Waals surface area contributed by atoms with Crippen molar-refractivity contribution in [2.45, 2.75) is 32.1 Å². The largest absolute Gasteiger partial charge is 0.400 e. The third kappa shape index (κ3) is 1.80. The first kappa shape index (κ1) is 11.3. The molecule has 0 atom stereocenters. The van der Waals surface area contributed by atoms with E-state index >= 15 is 0 Å². The molecule has 96 valence electrons. The summed E-state index contributed by atoms with van der Waals surface area (Å²) in [6.45, 7) is 0. The van der Waals surface area contributed by atoms with Crippen molar-refractivity contribution >= 4 is 17.9 Å². The van der Waals surface area contributed by atoms with Gasteiger partial charge in [0.2, 0.25) is 0 Å². The smallest absolute Gasteiger partial charge is 0.141 e. The molecule has 1 fully saturated rings. The van der Waals surface area contributed by atoms with E-state index in [0.29, 0.717) is 5.92 Å². The summed E-state index contributed by atoms with van der Waals surface area (Å²) in [4.78, 5) is 7.34. The Bertz CT molecular complexity index is 493. The maximum Gasteiger partial charge on any atom is 0.141 e. The van der Waals surface area contributed by atoms with Crippen LogP contribution in [0.5, 0.6) is 0 Å². The van der Waals surface area contributed by atoms with Gasteiger partial charge in [0.05, 0.1) is 5.70 Å². The normalized spacial score (nSPS) is 23.1. The molecule has 0 amide bonds. The van der Waals surface area contributed by atoms with Crippen molar-refractivity contribution in [2.24, 2.45) is 22.5 Å². The van der Waals surface area contributed by atoms with E-state index in [1.807, 2.05) is 12.3 Å². The second-order valence-corrected chi connectivity index (χ2v) is 5.03. The lowest BCUT2D eigenvalue weighted by Crippen LogP contribution is -2.33. The lowest BCUT2D eigenvalue weighted by atomic mass is 9.85.